The number of amides is 3. The number of allylic oxidation sites excluding steroid dienone is 2. The van der Waals surface area contributed by atoms with Crippen LogP contribution in [0.3, 0.4) is 0 Å². The molecule has 2 fully saturated rings. The molecule has 180 valence electrons. The lowest BCUT2D eigenvalue weighted by molar-refractivity contribution is -0.123. The van der Waals surface area contributed by atoms with Crippen molar-refractivity contribution in [2.45, 2.75) is 33.1 Å². The summed E-state index contributed by atoms with van der Waals surface area (Å²) in [7, 11) is 0. The van der Waals surface area contributed by atoms with Gasteiger partial charge in [0, 0.05) is 5.69 Å². The molecule has 1 heterocycles. The SMILES string of the molecule is CCc1cccc(CC)c1NC(=O)COC(=O)c1cccc(N2C(=O)[C@@H]3[C@H](C2=O)[C@H]2C=C[C@H]3C2)c1. The van der Waals surface area contributed by atoms with Crippen LogP contribution in [0, 0.1) is 23.7 Å². The molecule has 3 aliphatic rings. The predicted octanol–water partition coefficient (Wildman–Crippen LogP) is 3.92. The summed E-state index contributed by atoms with van der Waals surface area (Å²) in [6.07, 6.45) is 6.48. The number of anilines is 2. The Balaban J connectivity index is 1.25. The molecule has 0 spiro atoms. The van der Waals surface area contributed by atoms with Crippen molar-refractivity contribution in [3.63, 3.8) is 0 Å². The second-order valence-electron chi connectivity index (χ2n) is 9.34. The molecule has 2 aromatic rings. The molecular formula is C28H28N2O5. The molecule has 7 nitrogen and oxygen atoms in total. The van der Waals surface area contributed by atoms with Gasteiger partial charge in [-0.3, -0.25) is 14.4 Å². The van der Waals surface area contributed by atoms with Crippen molar-refractivity contribution < 1.29 is 23.9 Å². The molecule has 1 saturated carbocycles. The third kappa shape index (κ3) is 3.95. The Kier molecular flexibility index (Phi) is 6.01. The van der Waals surface area contributed by atoms with Gasteiger partial charge in [-0.1, -0.05) is 50.3 Å². The highest BCUT2D eigenvalue weighted by molar-refractivity contribution is 6.23. The van der Waals surface area contributed by atoms with E-state index in [1.807, 2.05) is 44.2 Å². The first-order valence-electron chi connectivity index (χ1n) is 12.2. The van der Waals surface area contributed by atoms with Crippen molar-refractivity contribution in [3.8, 4) is 0 Å². The lowest BCUT2D eigenvalue weighted by atomic mass is 9.85. The minimum atomic E-state index is -0.692. The third-order valence-corrected chi connectivity index (χ3v) is 7.41. The average Bonchev–Trinajstić information content (AvgIpc) is 3.56. The van der Waals surface area contributed by atoms with Crippen LogP contribution in [0.25, 0.3) is 0 Å². The number of aryl methyl sites for hydroxylation is 2. The summed E-state index contributed by atoms with van der Waals surface area (Å²) in [6.45, 7) is 3.59. The van der Waals surface area contributed by atoms with Gasteiger partial charge < -0.3 is 10.1 Å². The van der Waals surface area contributed by atoms with Crippen molar-refractivity contribution in [1.82, 2.24) is 0 Å². The molecule has 0 radical (unpaired) electrons. The Morgan fingerprint density at radius 2 is 1.54 bits per heavy atom. The van der Waals surface area contributed by atoms with Gasteiger partial charge in [0.05, 0.1) is 23.1 Å². The van der Waals surface area contributed by atoms with Gasteiger partial charge in [0.25, 0.3) is 5.91 Å². The van der Waals surface area contributed by atoms with E-state index in [1.165, 1.54) is 11.0 Å². The van der Waals surface area contributed by atoms with E-state index in [1.54, 1.807) is 18.2 Å². The second-order valence-corrected chi connectivity index (χ2v) is 9.34. The van der Waals surface area contributed by atoms with E-state index in [4.69, 9.17) is 4.74 Å². The van der Waals surface area contributed by atoms with Crippen LogP contribution in [0.4, 0.5) is 11.4 Å². The number of nitrogens with one attached hydrogen (secondary N) is 1. The summed E-state index contributed by atoms with van der Waals surface area (Å²) in [6, 6.07) is 12.2. The van der Waals surface area contributed by atoms with Crippen molar-refractivity contribution in [1.29, 1.82) is 0 Å². The molecule has 0 unspecified atom stereocenters. The summed E-state index contributed by atoms with van der Waals surface area (Å²) in [5.41, 5.74) is 3.34. The molecule has 7 heteroatoms. The van der Waals surface area contributed by atoms with Crippen LogP contribution in [0.5, 0.6) is 0 Å². The Morgan fingerprint density at radius 3 is 2.14 bits per heavy atom. The number of rotatable bonds is 7. The van der Waals surface area contributed by atoms with Gasteiger partial charge in [0.1, 0.15) is 0 Å². The highest BCUT2D eigenvalue weighted by Crippen LogP contribution is 2.53. The first-order valence-corrected chi connectivity index (χ1v) is 12.2. The molecule has 5 rings (SSSR count). The number of hydrogen-bond donors (Lipinski definition) is 1. The van der Waals surface area contributed by atoms with Crippen LogP contribution in [0.15, 0.2) is 54.6 Å². The molecule has 35 heavy (non-hydrogen) atoms. The van der Waals surface area contributed by atoms with Gasteiger partial charge in [-0.05, 0) is 60.4 Å². The van der Waals surface area contributed by atoms with Crippen molar-refractivity contribution in [2.75, 3.05) is 16.8 Å². The van der Waals surface area contributed by atoms with E-state index in [0.29, 0.717) is 5.69 Å². The summed E-state index contributed by atoms with van der Waals surface area (Å²) in [5, 5.41) is 2.87. The normalized spacial score (nSPS) is 24.1. The number of nitrogens with zero attached hydrogens (tertiary/aromatic N) is 1. The maximum Gasteiger partial charge on any atom is 0.338 e. The number of ether oxygens (including phenoxy) is 1. The molecule has 3 amide bonds. The fourth-order valence-corrected chi connectivity index (χ4v) is 5.72. The van der Waals surface area contributed by atoms with Crippen molar-refractivity contribution in [3.05, 3.63) is 71.3 Å². The number of hydrogen-bond acceptors (Lipinski definition) is 5. The second kappa shape index (κ2) is 9.13. The number of esters is 1. The molecule has 1 N–H and O–H groups in total. The topological polar surface area (TPSA) is 92.8 Å². The largest absolute Gasteiger partial charge is 0.452 e. The zero-order chi connectivity index (χ0) is 24.7. The first-order chi connectivity index (χ1) is 16.9. The highest BCUT2D eigenvalue weighted by atomic mass is 16.5. The molecule has 4 atom stereocenters. The maximum absolute atomic E-state index is 13.1. The number of benzene rings is 2. The van der Waals surface area contributed by atoms with Crippen molar-refractivity contribution in [2.24, 2.45) is 23.7 Å². The maximum atomic E-state index is 13.1. The minimum absolute atomic E-state index is 0.115. The Bertz CT molecular complexity index is 1200. The van der Waals surface area contributed by atoms with Crippen LogP contribution < -0.4 is 10.2 Å². The number of carbonyl (C=O) groups is 4. The Morgan fingerprint density at radius 1 is 0.943 bits per heavy atom. The van der Waals surface area contributed by atoms with Crippen LogP contribution in [0.1, 0.15) is 41.8 Å². The van der Waals surface area contributed by atoms with Gasteiger partial charge in [0.15, 0.2) is 6.61 Å². The van der Waals surface area contributed by atoms with Crippen LogP contribution >= 0.6 is 0 Å². The highest BCUT2D eigenvalue weighted by Gasteiger charge is 2.59. The number of carbonyl (C=O) groups excluding carboxylic acids is 4. The number of para-hydroxylation sites is 1. The van der Waals surface area contributed by atoms with Gasteiger partial charge in [-0.15, -0.1) is 0 Å². The number of imide groups is 1. The average molecular weight is 473 g/mol. The monoisotopic (exact) mass is 472 g/mol. The van der Waals surface area contributed by atoms with E-state index >= 15 is 0 Å². The zero-order valence-electron chi connectivity index (χ0n) is 19.8. The zero-order valence-corrected chi connectivity index (χ0v) is 19.8. The van der Waals surface area contributed by atoms with Gasteiger partial charge >= 0.3 is 5.97 Å². The standard InChI is InChI=1S/C28H28N2O5/c1-3-16-7-5-8-17(4-2)25(16)29-22(31)15-35-28(34)20-9-6-10-21(14-20)30-26(32)23-18-11-12-19(13-18)24(23)27(30)33/h5-12,14,18-19,23-24H,3-4,13,15H2,1-2H3,(H,29,31)/t18-,19-,23-,24+/m0/s1. The van der Waals surface area contributed by atoms with Crippen molar-refractivity contribution >= 4 is 35.1 Å². The van der Waals surface area contributed by atoms with Gasteiger partial charge in [-0.2, -0.15) is 0 Å². The van der Waals surface area contributed by atoms with E-state index < -0.39 is 18.5 Å². The first kappa shape index (κ1) is 23.0. The summed E-state index contributed by atoms with van der Waals surface area (Å²) in [4.78, 5) is 52.6. The van der Waals surface area contributed by atoms with E-state index in [0.717, 1.165) is 36.1 Å². The molecule has 0 aromatic heterocycles. The summed E-state index contributed by atoms with van der Waals surface area (Å²) >= 11 is 0. The van der Waals surface area contributed by atoms with Gasteiger partial charge in [0.2, 0.25) is 11.8 Å². The molecule has 1 saturated heterocycles. The molecular weight excluding hydrogens is 444 g/mol. The predicted molar refractivity (Wildman–Crippen MR) is 131 cm³/mol. The van der Waals surface area contributed by atoms with E-state index in [2.05, 4.69) is 5.32 Å². The Hall–Kier alpha value is -3.74. The van der Waals surface area contributed by atoms with Crippen LogP contribution in [-0.2, 0) is 32.0 Å². The molecule has 1 aliphatic heterocycles. The minimum Gasteiger partial charge on any atom is -0.452 e. The fourth-order valence-electron chi connectivity index (χ4n) is 5.72. The van der Waals surface area contributed by atoms with Crippen LogP contribution in [-0.4, -0.2) is 30.3 Å². The fraction of sp³-hybridized carbons (Fsp3) is 0.357. The lowest BCUT2D eigenvalue weighted by Crippen LogP contribution is -2.33. The van der Waals surface area contributed by atoms with Gasteiger partial charge in [-0.25, -0.2) is 9.69 Å². The molecule has 2 bridgehead atoms. The molecule has 2 aliphatic carbocycles. The summed E-state index contributed by atoms with van der Waals surface area (Å²) in [5.74, 6) is -1.92. The van der Waals surface area contributed by atoms with E-state index in [9.17, 15) is 19.2 Å². The quantitative estimate of drug-likeness (QED) is 0.375. The Labute approximate surface area is 204 Å². The number of fused-ring (bicyclic) bond motifs is 5. The lowest BCUT2D eigenvalue weighted by Gasteiger charge is -2.18. The van der Waals surface area contributed by atoms with Crippen LogP contribution in [0.2, 0.25) is 0 Å². The molecule has 2 aromatic carbocycles. The van der Waals surface area contributed by atoms with E-state index in [-0.39, 0.29) is 41.0 Å². The summed E-state index contributed by atoms with van der Waals surface area (Å²) < 4.78 is 5.25. The smallest absolute Gasteiger partial charge is 0.338 e. The third-order valence-electron chi connectivity index (χ3n) is 7.41.